The molecule has 6 nitrogen and oxygen atoms in total. The van der Waals surface area contributed by atoms with Gasteiger partial charge in [0.25, 0.3) is 11.8 Å². The Kier molecular flexibility index (Phi) is 5.83. The maximum Gasteiger partial charge on any atom is 0.267 e. The van der Waals surface area contributed by atoms with Crippen LogP contribution in [0.1, 0.15) is 32.0 Å². The maximum atomic E-state index is 12.4. The fraction of sp³-hybridized carbons (Fsp3) is 0.150. The third kappa shape index (κ3) is 4.51. The van der Waals surface area contributed by atoms with E-state index in [4.69, 9.17) is 4.74 Å². The molecule has 27 heavy (non-hydrogen) atoms. The van der Waals surface area contributed by atoms with Crippen molar-refractivity contribution in [2.24, 2.45) is 0 Å². The Morgan fingerprint density at radius 2 is 1.78 bits per heavy atom. The van der Waals surface area contributed by atoms with Gasteiger partial charge in [-0.2, -0.15) is 0 Å². The van der Waals surface area contributed by atoms with Crippen molar-refractivity contribution >= 4 is 34.5 Å². The Morgan fingerprint density at radius 3 is 2.44 bits per heavy atom. The first-order chi connectivity index (χ1) is 13.1. The first-order valence-electron chi connectivity index (χ1n) is 8.41. The smallest absolute Gasteiger partial charge is 0.267 e. The van der Waals surface area contributed by atoms with E-state index in [0.29, 0.717) is 27.6 Å². The summed E-state index contributed by atoms with van der Waals surface area (Å²) in [5.41, 5.74) is 1.68. The topological polar surface area (TPSA) is 80.3 Å². The van der Waals surface area contributed by atoms with Gasteiger partial charge in [0.2, 0.25) is 0 Å². The highest BCUT2D eigenvalue weighted by molar-refractivity contribution is 7.13. The second-order valence-electron chi connectivity index (χ2n) is 5.66. The van der Waals surface area contributed by atoms with Crippen molar-refractivity contribution in [3.8, 4) is 5.75 Å². The van der Waals surface area contributed by atoms with Gasteiger partial charge in [0, 0.05) is 11.3 Å². The lowest BCUT2D eigenvalue weighted by Gasteiger charge is -2.10. The lowest BCUT2D eigenvalue weighted by Crippen LogP contribution is -2.13. The van der Waals surface area contributed by atoms with Gasteiger partial charge in [-0.25, -0.2) is 4.98 Å². The quantitative estimate of drug-likeness (QED) is 0.670. The zero-order chi connectivity index (χ0) is 19.2. The minimum atomic E-state index is -0.257. The van der Waals surface area contributed by atoms with Crippen LogP contribution in [0.2, 0.25) is 0 Å². The number of ether oxygens (including phenoxy) is 1. The number of thiazole rings is 1. The maximum absolute atomic E-state index is 12.4. The number of rotatable bonds is 6. The molecule has 0 saturated heterocycles. The molecule has 0 bridgehead atoms. The van der Waals surface area contributed by atoms with Crippen LogP contribution in [-0.2, 0) is 6.42 Å². The molecular formula is C20H19N3O3S. The number of aromatic nitrogens is 1. The number of hydrogen-bond acceptors (Lipinski definition) is 5. The molecular weight excluding hydrogens is 362 g/mol. The summed E-state index contributed by atoms with van der Waals surface area (Å²) in [5.74, 6) is 0.122. The molecule has 0 atom stereocenters. The molecule has 2 aromatic carbocycles. The van der Waals surface area contributed by atoms with Gasteiger partial charge in [-0.15, -0.1) is 11.3 Å². The van der Waals surface area contributed by atoms with E-state index in [1.165, 1.54) is 11.3 Å². The van der Waals surface area contributed by atoms with Crippen molar-refractivity contribution in [2.75, 3.05) is 17.7 Å². The third-order valence-corrected chi connectivity index (χ3v) is 4.98. The summed E-state index contributed by atoms with van der Waals surface area (Å²) in [5, 5.41) is 6.54. The molecule has 1 heterocycles. The largest absolute Gasteiger partial charge is 0.495 e. The number of nitrogens with one attached hydrogen (secondary N) is 2. The van der Waals surface area contributed by atoms with Crippen LogP contribution in [0, 0.1) is 0 Å². The highest BCUT2D eigenvalue weighted by Crippen LogP contribution is 2.24. The van der Waals surface area contributed by atoms with E-state index in [-0.39, 0.29) is 11.8 Å². The normalized spacial score (nSPS) is 10.3. The zero-order valence-corrected chi connectivity index (χ0v) is 15.8. The fourth-order valence-electron chi connectivity index (χ4n) is 2.42. The van der Waals surface area contributed by atoms with Crippen molar-refractivity contribution in [1.29, 1.82) is 0 Å². The van der Waals surface area contributed by atoms with Crippen molar-refractivity contribution < 1.29 is 14.3 Å². The van der Waals surface area contributed by atoms with Crippen molar-refractivity contribution in [3.63, 3.8) is 0 Å². The number of methoxy groups -OCH3 is 1. The van der Waals surface area contributed by atoms with Gasteiger partial charge in [-0.1, -0.05) is 19.1 Å². The summed E-state index contributed by atoms with van der Waals surface area (Å²) in [6, 6.07) is 13.9. The van der Waals surface area contributed by atoms with Crippen molar-refractivity contribution in [2.45, 2.75) is 13.3 Å². The van der Waals surface area contributed by atoms with Crippen LogP contribution in [0.25, 0.3) is 0 Å². The number of benzene rings is 2. The lowest BCUT2D eigenvalue weighted by molar-refractivity contribution is 0.102. The predicted octanol–water partition coefficient (Wildman–Crippen LogP) is 4.22. The number of carbonyl (C=O) groups excluding carboxylic acids is 2. The van der Waals surface area contributed by atoms with Crippen LogP contribution in [-0.4, -0.2) is 23.9 Å². The van der Waals surface area contributed by atoms with E-state index < -0.39 is 0 Å². The standard InChI is InChI=1S/C20H19N3O3S/c1-3-18-21-12-17(27-18)20(25)22-14-10-8-13(9-11-14)19(24)23-15-6-4-5-7-16(15)26-2/h4-12H,3H2,1-2H3,(H,22,25)(H,23,24). The SMILES string of the molecule is CCc1ncc(C(=O)Nc2ccc(C(=O)Nc3ccccc3OC)cc2)s1. The van der Waals surface area contributed by atoms with Gasteiger partial charge in [0.1, 0.15) is 10.6 Å². The average Bonchev–Trinajstić information content (AvgIpc) is 3.18. The zero-order valence-electron chi connectivity index (χ0n) is 15.0. The molecule has 0 spiro atoms. The Morgan fingerprint density at radius 1 is 1.04 bits per heavy atom. The summed E-state index contributed by atoms with van der Waals surface area (Å²) < 4.78 is 5.23. The predicted molar refractivity (Wildman–Crippen MR) is 107 cm³/mol. The molecule has 0 unspecified atom stereocenters. The molecule has 3 aromatic rings. The minimum absolute atomic E-state index is 0.210. The number of carbonyl (C=O) groups is 2. The molecule has 2 amide bonds. The van der Waals surface area contributed by atoms with Gasteiger partial charge in [0.15, 0.2) is 0 Å². The van der Waals surface area contributed by atoms with Gasteiger partial charge < -0.3 is 15.4 Å². The number of anilines is 2. The molecule has 0 aliphatic carbocycles. The molecule has 138 valence electrons. The second kappa shape index (κ2) is 8.46. The number of hydrogen-bond donors (Lipinski definition) is 2. The molecule has 1 aromatic heterocycles. The van der Waals surface area contributed by atoms with E-state index in [1.807, 2.05) is 19.1 Å². The summed E-state index contributed by atoms with van der Waals surface area (Å²) >= 11 is 1.37. The van der Waals surface area contributed by atoms with E-state index in [0.717, 1.165) is 11.4 Å². The first-order valence-corrected chi connectivity index (χ1v) is 9.23. The van der Waals surface area contributed by atoms with E-state index >= 15 is 0 Å². The lowest BCUT2D eigenvalue weighted by atomic mass is 10.2. The average molecular weight is 381 g/mol. The molecule has 7 heteroatoms. The van der Waals surface area contributed by atoms with Crippen LogP contribution < -0.4 is 15.4 Å². The van der Waals surface area contributed by atoms with Crippen molar-refractivity contribution in [3.05, 3.63) is 70.2 Å². The third-order valence-electron chi connectivity index (χ3n) is 3.84. The number of amides is 2. The minimum Gasteiger partial charge on any atom is -0.495 e. The van der Waals surface area contributed by atoms with Crippen LogP contribution in [0.3, 0.4) is 0 Å². The summed E-state index contributed by atoms with van der Waals surface area (Å²) in [7, 11) is 1.55. The number of para-hydroxylation sites is 2. The summed E-state index contributed by atoms with van der Waals surface area (Å²) in [6.07, 6.45) is 2.38. The Balaban J connectivity index is 1.65. The van der Waals surface area contributed by atoms with Gasteiger partial charge in [-0.3, -0.25) is 9.59 Å². The molecule has 2 N–H and O–H groups in total. The monoisotopic (exact) mass is 381 g/mol. The summed E-state index contributed by atoms with van der Waals surface area (Å²) in [6.45, 7) is 2.00. The van der Waals surface area contributed by atoms with Crippen LogP contribution in [0.15, 0.2) is 54.7 Å². The fourth-order valence-corrected chi connectivity index (χ4v) is 3.17. The molecule has 0 fully saturated rings. The summed E-state index contributed by atoms with van der Waals surface area (Å²) in [4.78, 5) is 29.4. The number of nitrogens with zero attached hydrogens (tertiary/aromatic N) is 1. The molecule has 0 saturated carbocycles. The van der Waals surface area contributed by atoms with E-state index in [9.17, 15) is 9.59 Å². The molecule has 0 radical (unpaired) electrons. The van der Waals surface area contributed by atoms with Crippen LogP contribution >= 0.6 is 11.3 Å². The van der Waals surface area contributed by atoms with Crippen LogP contribution in [0.4, 0.5) is 11.4 Å². The first kappa shape index (κ1) is 18.6. The second-order valence-corrected chi connectivity index (χ2v) is 6.77. The molecule has 3 rings (SSSR count). The Hall–Kier alpha value is -3.19. The van der Waals surface area contributed by atoms with Gasteiger partial charge >= 0.3 is 0 Å². The Labute approximate surface area is 161 Å². The van der Waals surface area contributed by atoms with Crippen LogP contribution in [0.5, 0.6) is 5.75 Å². The molecule has 0 aliphatic heterocycles. The van der Waals surface area contributed by atoms with E-state index in [2.05, 4.69) is 15.6 Å². The Bertz CT molecular complexity index is 951. The van der Waals surface area contributed by atoms with E-state index in [1.54, 1.807) is 49.7 Å². The van der Waals surface area contributed by atoms with Gasteiger partial charge in [-0.05, 0) is 42.8 Å². The highest BCUT2D eigenvalue weighted by atomic mass is 32.1. The van der Waals surface area contributed by atoms with Crippen molar-refractivity contribution in [1.82, 2.24) is 4.98 Å². The highest BCUT2D eigenvalue weighted by Gasteiger charge is 2.12. The van der Waals surface area contributed by atoms with Gasteiger partial charge in [0.05, 0.1) is 24.0 Å². The number of aryl methyl sites for hydroxylation is 1. The molecule has 0 aliphatic rings.